The van der Waals surface area contributed by atoms with Crippen LogP contribution in [-0.4, -0.2) is 34.7 Å². The lowest BCUT2D eigenvalue weighted by Crippen LogP contribution is -2.31. The number of thioether (sulfide) groups is 1. The number of carbonyl (C=O) groups excluding carboxylic acids is 4. The quantitative estimate of drug-likeness (QED) is 0.279. The molecule has 4 rings (SSSR count). The minimum absolute atomic E-state index is 0.00272. The first-order valence-electron chi connectivity index (χ1n) is 10.2. The highest BCUT2D eigenvalue weighted by Crippen LogP contribution is 2.39. The summed E-state index contributed by atoms with van der Waals surface area (Å²) in [6.45, 7) is 1.20. The number of esters is 1. The molecule has 0 saturated carbocycles. The van der Waals surface area contributed by atoms with E-state index in [1.165, 1.54) is 19.1 Å². The van der Waals surface area contributed by atoms with Crippen molar-refractivity contribution in [3.63, 3.8) is 0 Å². The number of amides is 3. The SMILES string of the molecule is CC(=O)Oc1c(Cl)cc(N2C(=O)C[C@@H](SCC(=O)Nc3ccc4ccccc4c3)C2=O)cc1Cl. The van der Waals surface area contributed by atoms with E-state index in [4.69, 9.17) is 27.9 Å². The van der Waals surface area contributed by atoms with E-state index >= 15 is 0 Å². The van der Waals surface area contributed by atoms with Gasteiger partial charge in [-0.2, -0.15) is 0 Å². The van der Waals surface area contributed by atoms with Gasteiger partial charge in [0.15, 0.2) is 5.75 Å². The average Bonchev–Trinajstić information content (AvgIpc) is 3.07. The molecule has 3 amide bonds. The normalized spacial score (nSPS) is 15.6. The number of nitrogens with zero attached hydrogens (tertiary/aromatic N) is 1. The Kier molecular flexibility index (Phi) is 7.11. The van der Waals surface area contributed by atoms with Crippen LogP contribution >= 0.6 is 35.0 Å². The number of hydrogen-bond acceptors (Lipinski definition) is 6. The third kappa shape index (κ3) is 5.19. The topological polar surface area (TPSA) is 92.8 Å². The number of carbonyl (C=O) groups is 4. The Labute approximate surface area is 209 Å². The number of nitrogens with one attached hydrogen (secondary N) is 1. The van der Waals surface area contributed by atoms with Crippen molar-refractivity contribution in [1.29, 1.82) is 0 Å². The van der Waals surface area contributed by atoms with Crippen LogP contribution < -0.4 is 15.0 Å². The Hall–Kier alpha value is -3.07. The summed E-state index contributed by atoms with van der Waals surface area (Å²) in [4.78, 5) is 50.1. The summed E-state index contributed by atoms with van der Waals surface area (Å²) < 4.78 is 4.97. The predicted octanol–water partition coefficient (Wildman–Crippen LogP) is 5.08. The van der Waals surface area contributed by atoms with Crippen LogP contribution in [0.2, 0.25) is 10.0 Å². The standard InChI is InChI=1S/C24H18Cl2N2O5S/c1-13(29)33-23-18(25)9-17(10-19(23)26)28-22(31)11-20(24(28)32)34-12-21(30)27-16-7-6-14-4-2-3-5-15(14)8-16/h2-10,20H,11-12H2,1H3,(H,27,30)/t20-/m1/s1. The monoisotopic (exact) mass is 516 g/mol. The summed E-state index contributed by atoms with van der Waals surface area (Å²) in [5, 5.41) is 4.13. The first-order valence-corrected chi connectivity index (χ1v) is 12.0. The molecule has 1 atom stereocenters. The number of benzene rings is 3. The van der Waals surface area contributed by atoms with Crippen molar-refractivity contribution in [1.82, 2.24) is 0 Å². The van der Waals surface area contributed by atoms with Gasteiger partial charge in [-0.25, -0.2) is 4.90 Å². The Balaban J connectivity index is 1.40. The minimum Gasteiger partial charge on any atom is -0.424 e. The summed E-state index contributed by atoms with van der Waals surface area (Å²) in [5.41, 5.74) is 0.821. The van der Waals surface area contributed by atoms with Crippen LogP contribution in [0.3, 0.4) is 0 Å². The van der Waals surface area contributed by atoms with Crippen LogP contribution in [0.15, 0.2) is 54.6 Å². The number of fused-ring (bicyclic) bond motifs is 1. The third-order valence-electron chi connectivity index (χ3n) is 5.04. The number of rotatable bonds is 6. The van der Waals surface area contributed by atoms with Crippen molar-refractivity contribution in [2.45, 2.75) is 18.6 Å². The molecule has 1 aliphatic heterocycles. The van der Waals surface area contributed by atoms with Crippen molar-refractivity contribution < 1.29 is 23.9 Å². The fourth-order valence-corrected chi connectivity index (χ4v) is 5.05. The van der Waals surface area contributed by atoms with Crippen LogP contribution in [0.25, 0.3) is 10.8 Å². The van der Waals surface area contributed by atoms with Crippen LogP contribution in [0.5, 0.6) is 5.75 Å². The zero-order chi connectivity index (χ0) is 24.4. The van der Waals surface area contributed by atoms with Crippen LogP contribution in [0.1, 0.15) is 13.3 Å². The van der Waals surface area contributed by atoms with E-state index in [9.17, 15) is 19.2 Å². The summed E-state index contributed by atoms with van der Waals surface area (Å²) in [6, 6.07) is 16.1. The maximum absolute atomic E-state index is 12.9. The van der Waals surface area contributed by atoms with Crippen molar-refractivity contribution >= 4 is 80.8 Å². The van der Waals surface area contributed by atoms with Gasteiger partial charge < -0.3 is 10.1 Å². The average molecular weight is 517 g/mol. The van der Waals surface area contributed by atoms with Gasteiger partial charge in [0.05, 0.1) is 26.7 Å². The number of anilines is 2. The first-order chi connectivity index (χ1) is 16.2. The van der Waals surface area contributed by atoms with E-state index < -0.39 is 23.0 Å². The molecule has 3 aromatic rings. The number of ether oxygens (including phenoxy) is 1. The lowest BCUT2D eigenvalue weighted by Gasteiger charge is -2.17. The molecule has 174 valence electrons. The molecule has 34 heavy (non-hydrogen) atoms. The highest BCUT2D eigenvalue weighted by atomic mass is 35.5. The Morgan fingerprint density at radius 3 is 2.41 bits per heavy atom. The molecule has 1 heterocycles. The summed E-state index contributed by atoms with van der Waals surface area (Å²) >= 11 is 13.4. The maximum atomic E-state index is 12.9. The summed E-state index contributed by atoms with van der Waals surface area (Å²) in [5.74, 6) is -1.85. The fraction of sp³-hybridized carbons (Fsp3) is 0.167. The second-order valence-corrected chi connectivity index (χ2v) is 9.52. The van der Waals surface area contributed by atoms with E-state index in [1.807, 2.05) is 42.5 Å². The Morgan fingerprint density at radius 1 is 1.06 bits per heavy atom. The van der Waals surface area contributed by atoms with Crippen molar-refractivity contribution in [2.24, 2.45) is 0 Å². The molecule has 3 aromatic carbocycles. The highest BCUT2D eigenvalue weighted by molar-refractivity contribution is 8.01. The summed E-state index contributed by atoms with van der Waals surface area (Å²) in [6.07, 6.45) is -0.0618. The number of imide groups is 1. The molecule has 0 aliphatic carbocycles. The molecule has 0 unspecified atom stereocenters. The molecular weight excluding hydrogens is 499 g/mol. The molecule has 7 nitrogen and oxygen atoms in total. The van der Waals surface area contributed by atoms with Crippen LogP contribution in [0, 0.1) is 0 Å². The summed E-state index contributed by atoms with van der Waals surface area (Å²) in [7, 11) is 0. The predicted molar refractivity (Wildman–Crippen MR) is 134 cm³/mol. The molecule has 0 aromatic heterocycles. The van der Waals surface area contributed by atoms with Gasteiger partial charge in [0.1, 0.15) is 0 Å². The van der Waals surface area contributed by atoms with Gasteiger partial charge in [-0.15, -0.1) is 11.8 Å². The van der Waals surface area contributed by atoms with Crippen molar-refractivity contribution in [3.8, 4) is 5.75 Å². The molecular formula is C24H18Cl2N2O5S. The van der Waals surface area contributed by atoms with Crippen molar-refractivity contribution in [3.05, 3.63) is 64.6 Å². The maximum Gasteiger partial charge on any atom is 0.308 e. The number of halogens is 2. The van der Waals surface area contributed by atoms with Gasteiger partial charge in [0.2, 0.25) is 17.7 Å². The van der Waals surface area contributed by atoms with Crippen LogP contribution in [0.4, 0.5) is 11.4 Å². The molecule has 1 aliphatic rings. The van der Waals surface area contributed by atoms with Gasteiger partial charge in [0.25, 0.3) is 0 Å². The van der Waals surface area contributed by atoms with E-state index in [-0.39, 0.29) is 39.6 Å². The second-order valence-electron chi connectivity index (χ2n) is 7.51. The zero-order valence-electron chi connectivity index (χ0n) is 17.8. The lowest BCUT2D eigenvalue weighted by atomic mass is 10.1. The largest absolute Gasteiger partial charge is 0.424 e. The molecule has 0 spiro atoms. The fourth-order valence-electron chi connectivity index (χ4n) is 3.56. The van der Waals surface area contributed by atoms with E-state index in [0.717, 1.165) is 27.4 Å². The molecule has 10 heteroatoms. The van der Waals surface area contributed by atoms with Gasteiger partial charge >= 0.3 is 5.97 Å². The number of hydrogen-bond donors (Lipinski definition) is 1. The first kappa shape index (κ1) is 24.1. The minimum atomic E-state index is -0.722. The van der Waals surface area contributed by atoms with E-state index in [2.05, 4.69) is 5.32 Å². The van der Waals surface area contributed by atoms with E-state index in [1.54, 1.807) is 0 Å². The molecule has 0 radical (unpaired) electrons. The second kappa shape index (κ2) is 10.0. The smallest absolute Gasteiger partial charge is 0.308 e. The molecule has 1 saturated heterocycles. The van der Waals surface area contributed by atoms with Crippen LogP contribution in [-0.2, 0) is 19.2 Å². The Bertz CT molecular complexity index is 1310. The lowest BCUT2D eigenvalue weighted by molar-refractivity contribution is -0.132. The van der Waals surface area contributed by atoms with Gasteiger partial charge in [-0.3, -0.25) is 19.2 Å². The molecule has 1 N–H and O–H groups in total. The van der Waals surface area contributed by atoms with Gasteiger partial charge in [-0.1, -0.05) is 53.5 Å². The third-order valence-corrected chi connectivity index (χ3v) is 6.80. The Morgan fingerprint density at radius 2 is 1.74 bits per heavy atom. The molecule has 0 bridgehead atoms. The van der Waals surface area contributed by atoms with Gasteiger partial charge in [0, 0.05) is 19.0 Å². The van der Waals surface area contributed by atoms with Gasteiger partial charge in [-0.05, 0) is 35.0 Å². The zero-order valence-corrected chi connectivity index (χ0v) is 20.2. The highest BCUT2D eigenvalue weighted by Gasteiger charge is 2.40. The van der Waals surface area contributed by atoms with Crippen molar-refractivity contribution in [2.75, 3.05) is 16.0 Å². The molecule has 1 fully saturated rings. The van der Waals surface area contributed by atoms with E-state index in [0.29, 0.717) is 5.69 Å².